The summed E-state index contributed by atoms with van der Waals surface area (Å²) >= 11 is 1.77. The van der Waals surface area contributed by atoms with E-state index >= 15 is 0 Å². The summed E-state index contributed by atoms with van der Waals surface area (Å²) in [6.07, 6.45) is 4.25. The van der Waals surface area contributed by atoms with Crippen molar-refractivity contribution in [2.75, 3.05) is 6.54 Å². The number of imidazole rings is 1. The van der Waals surface area contributed by atoms with Crippen LogP contribution in [-0.2, 0) is 5.41 Å². The maximum atomic E-state index is 5.86. The zero-order valence-corrected chi connectivity index (χ0v) is 11.3. The molecule has 2 heterocycles. The van der Waals surface area contributed by atoms with Crippen molar-refractivity contribution in [1.82, 2.24) is 9.97 Å². The number of nitrogens with two attached hydrogens (primary N) is 1. The minimum Gasteiger partial charge on any atom is -0.341 e. The molecule has 0 atom stereocenters. The Kier molecular flexibility index (Phi) is 2.31. The van der Waals surface area contributed by atoms with Crippen LogP contribution in [0.15, 0.2) is 35.8 Å². The zero-order chi connectivity index (χ0) is 12.9. The van der Waals surface area contributed by atoms with Gasteiger partial charge in [0.15, 0.2) is 0 Å². The summed E-state index contributed by atoms with van der Waals surface area (Å²) in [6.45, 7) is 0.685. The standard InChI is InChI=1S/C15H15N3S/c16-9-15(5-6-15)14-17-7-12(18-14)11-8-19-13-4-2-1-3-10(11)13/h1-4,7-8H,5-6,9,16H2,(H,17,18). The molecule has 1 aliphatic rings. The highest BCUT2D eigenvalue weighted by Crippen LogP contribution is 2.46. The van der Waals surface area contributed by atoms with E-state index < -0.39 is 0 Å². The fourth-order valence-corrected chi connectivity index (χ4v) is 3.56. The van der Waals surface area contributed by atoms with Crippen molar-refractivity contribution in [2.24, 2.45) is 5.73 Å². The molecule has 96 valence electrons. The predicted molar refractivity (Wildman–Crippen MR) is 79.4 cm³/mol. The van der Waals surface area contributed by atoms with Gasteiger partial charge in [0.2, 0.25) is 0 Å². The lowest BCUT2D eigenvalue weighted by atomic mass is 10.1. The molecule has 1 aliphatic carbocycles. The fraction of sp³-hybridized carbons (Fsp3) is 0.267. The van der Waals surface area contributed by atoms with E-state index in [2.05, 4.69) is 39.6 Å². The number of benzene rings is 1. The molecule has 0 radical (unpaired) electrons. The largest absolute Gasteiger partial charge is 0.341 e. The maximum Gasteiger partial charge on any atom is 0.114 e. The number of nitrogens with one attached hydrogen (secondary N) is 1. The van der Waals surface area contributed by atoms with Gasteiger partial charge in [-0.25, -0.2) is 4.98 Å². The first kappa shape index (κ1) is 11.2. The van der Waals surface area contributed by atoms with E-state index in [0.29, 0.717) is 6.54 Å². The lowest BCUT2D eigenvalue weighted by molar-refractivity contribution is 0.659. The molecule has 2 aromatic heterocycles. The van der Waals surface area contributed by atoms with Crippen LogP contribution < -0.4 is 5.73 Å². The van der Waals surface area contributed by atoms with Gasteiger partial charge in [-0.15, -0.1) is 11.3 Å². The van der Waals surface area contributed by atoms with Crippen LogP contribution in [0.1, 0.15) is 18.7 Å². The summed E-state index contributed by atoms with van der Waals surface area (Å²) in [4.78, 5) is 8.03. The lowest BCUT2D eigenvalue weighted by Crippen LogP contribution is -2.21. The first-order valence-corrected chi connectivity index (χ1v) is 7.42. The van der Waals surface area contributed by atoms with Crippen molar-refractivity contribution in [1.29, 1.82) is 0 Å². The summed E-state index contributed by atoms with van der Waals surface area (Å²) in [6, 6.07) is 8.48. The van der Waals surface area contributed by atoms with Gasteiger partial charge >= 0.3 is 0 Å². The molecule has 4 rings (SSSR count). The highest BCUT2D eigenvalue weighted by molar-refractivity contribution is 7.17. The van der Waals surface area contributed by atoms with Crippen LogP contribution in [0, 0.1) is 0 Å². The summed E-state index contributed by atoms with van der Waals surface area (Å²) in [5, 5.41) is 3.49. The maximum absolute atomic E-state index is 5.86. The fourth-order valence-electron chi connectivity index (χ4n) is 2.60. The molecular weight excluding hydrogens is 254 g/mol. The average Bonchev–Trinajstić information content (AvgIpc) is 2.90. The van der Waals surface area contributed by atoms with Gasteiger partial charge < -0.3 is 10.7 Å². The highest BCUT2D eigenvalue weighted by Gasteiger charge is 2.45. The van der Waals surface area contributed by atoms with Gasteiger partial charge in [0.05, 0.1) is 11.9 Å². The number of hydrogen-bond acceptors (Lipinski definition) is 3. The molecule has 0 unspecified atom stereocenters. The first-order chi connectivity index (χ1) is 9.32. The Morgan fingerprint density at radius 2 is 2.16 bits per heavy atom. The molecule has 1 fully saturated rings. The zero-order valence-electron chi connectivity index (χ0n) is 10.5. The number of rotatable bonds is 3. The Morgan fingerprint density at radius 1 is 1.32 bits per heavy atom. The van der Waals surface area contributed by atoms with Gasteiger partial charge in [-0.05, 0) is 18.9 Å². The van der Waals surface area contributed by atoms with Crippen LogP contribution in [0.25, 0.3) is 21.3 Å². The molecule has 3 nitrogen and oxygen atoms in total. The number of aromatic nitrogens is 2. The monoisotopic (exact) mass is 269 g/mol. The van der Waals surface area contributed by atoms with E-state index in [1.807, 2.05) is 6.20 Å². The van der Waals surface area contributed by atoms with E-state index in [-0.39, 0.29) is 5.41 Å². The first-order valence-electron chi connectivity index (χ1n) is 6.55. The van der Waals surface area contributed by atoms with E-state index in [1.54, 1.807) is 11.3 Å². The highest BCUT2D eigenvalue weighted by atomic mass is 32.1. The molecule has 3 aromatic rings. The average molecular weight is 269 g/mol. The molecule has 1 saturated carbocycles. The van der Waals surface area contributed by atoms with E-state index in [9.17, 15) is 0 Å². The van der Waals surface area contributed by atoms with Crippen LogP contribution in [0.2, 0.25) is 0 Å². The lowest BCUT2D eigenvalue weighted by Gasteiger charge is -2.07. The normalized spacial score (nSPS) is 16.9. The van der Waals surface area contributed by atoms with Crippen molar-refractivity contribution >= 4 is 21.4 Å². The van der Waals surface area contributed by atoms with E-state index in [0.717, 1.165) is 24.4 Å². The molecule has 0 aliphatic heterocycles. The molecule has 19 heavy (non-hydrogen) atoms. The van der Waals surface area contributed by atoms with Crippen molar-refractivity contribution in [3.8, 4) is 11.3 Å². The summed E-state index contributed by atoms with van der Waals surface area (Å²) in [5.74, 6) is 1.06. The minimum atomic E-state index is 0.129. The third-order valence-electron chi connectivity index (χ3n) is 4.09. The molecule has 1 aromatic carbocycles. The second kappa shape index (κ2) is 3.92. The Bertz CT molecular complexity index is 737. The number of nitrogens with zero attached hydrogens (tertiary/aromatic N) is 1. The number of hydrogen-bond donors (Lipinski definition) is 2. The Balaban J connectivity index is 1.81. The van der Waals surface area contributed by atoms with Crippen molar-refractivity contribution < 1.29 is 0 Å². The van der Waals surface area contributed by atoms with Crippen LogP contribution in [0.3, 0.4) is 0 Å². The SMILES string of the molecule is NCC1(c2ncc(-c3csc4ccccc34)[nH]2)CC1. The van der Waals surface area contributed by atoms with Gasteiger partial charge in [0.25, 0.3) is 0 Å². The third-order valence-corrected chi connectivity index (χ3v) is 5.06. The second-order valence-corrected chi connectivity index (χ2v) is 6.19. The van der Waals surface area contributed by atoms with Crippen LogP contribution >= 0.6 is 11.3 Å². The molecular formula is C15H15N3S. The molecule has 0 saturated heterocycles. The van der Waals surface area contributed by atoms with Gasteiger partial charge in [0, 0.05) is 33.0 Å². The van der Waals surface area contributed by atoms with Crippen molar-refractivity contribution in [2.45, 2.75) is 18.3 Å². The Hall–Kier alpha value is -1.65. The van der Waals surface area contributed by atoms with Gasteiger partial charge in [-0.3, -0.25) is 0 Å². The van der Waals surface area contributed by atoms with E-state index in [4.69, 9.17) is 5.73 Å². The summed E-state index contributed by atoms with van der Waals surface area (Å²) in [5.41, 5.74) is 8.34. The Morgan fingerprint density at radius 3 is 2.95 bits per heavy atom. The molecule has 3 N–H and O–H groups in total. The number of fused-ring (bicyclic) bond motifs is 1. The number of thiophene rings is 1. The molecule has 4 heteroatoms. The second-order valence-electron chi connectivity index (χ2n) is 5.28. The van der Waals surface area contributed by atoms with Gasteiger partial charge in [-0.1, -0.05) is 18.2 Å². The molecule has 0 amide bonds. The summed E-state index contributed by atoms with van der Waals surface area (Å²) in [7, 11) is 0. The van der Waals surface area contributed by atoms with E-state index in [1.165, 1.54) is 15.6 Å². The van der Waals surface area contributed by atoms with Crippen LogP contribution in [-0.4, -0.2) is 16.5 Å². The minimum absolute atomic E-state index is 0.129. The van der Waals surface area contributed by atoms with Crippen LogP contribution in [0.4, 0.5) is 0 Å². The summed E-state index contributed by atoms with van der Waals surface area (Å²) < 4.78 is 1.31. The smallest absolute Gasteiger partial charge is 0.114 e. The topological polar surface area (TPSA) is 54.7 Å². The quantitative estimate of drug-likeness (QED) is 0.766. The Labute approximate surface area is 115 Å². The predicted octanol–water partition coefficient (Wildman–Crippen LogP) is 3.28. The third kappa shape index (κ3) is 1.64. The van der Waals surface area contributed by atoms with Crippen LogP contribution in [0.5, 0.6) is 0 Å². The van der Waals surface area contributed by atoms with Gasteiger partial charge in [-0.2, -0.15) is 0 Å². The number of aromatic amines is 1. The number of H-pyrrole nitrogens is 1. The molecule has 0 bridgehead atoms. The molecule has 0 spiro atoms. The van der Waals surface area contributed by atoms with Crippen molar-refractivity contribution in [3.05, 3.63) is 41.7 Å². The van der Waals surface area contributed by atoms with Gasteiger partial charge in [0.1, 0.15) is 5.82 Å². The van der Waals surface area contributed by atoms with Crippen molar-refractivity contribution in [3.63, 3.8) is 0 Å².